The minimum atomic E-state index is -0.474. The summed E-state index contributed by atoms with van der Waals surface area (Å²) in [4.78, 5) is 38.1. The highest BCUT2D eigenvalue weighted by Gasteiger charge is 2.66. The van der Waals surface area contributed by atoms with E-state index in [1.807, 2.05) is 99.2 Å². The van der Waals surface area contributed by atoms with Gasteiger partial charge < -0.3 is 66.9 Å². The molecule has 104 heavy (non-hydrogen) atoms. The Hall–Kier alpha value is -8.96. The number of nitrogens with one attached hydrogen (secondary N) is 5. The van der Waals surface area contributed by atoms with Crippen LogP contribution in [0, 0.1) is 22.5 Å². The van der Waals surface area contributed by atoms with E-state index >= 15 is 0 Å². The standard InChI is InChI=1S/C20H23BrN6O.C18H21BrN6O.C17H19BrN6O2.C16H19BrN6O/c1-20(2)13-10-26(15(11-28)18(13)20)17-6-16(23-8-12-4-3-5-22-7-12)27-19(25-17)14(21)9-24-27;19-15-12-22-25-16(21-11-13-3-1-6-20-10-13)9-17(23-18(15)25)24-7-2-4-14(24)5-8-26;18-14-9-20-24-15(19-8-12-3-1-5-22(26)10-12)7-16(21-17(14)24)23-6-2-4-13(23)11-25;1-16(2,10-24)22-13-6-14(19-8-11-4-3-5-18-7-11)23-15(21-13)12(17)9-20-23/h3-7,9,13,15,18,23,28H,8,10-11H2,1-2H3;1,3,6,9-10,12,14,21,26H,2,4-5,7-8,11H2;1,3,5,7,9-10,13,19,25H,2,4,6,8,11H2;3-7,9,19,24H,8,10H2,1-2H3,(H,21,22)/t13-,15+,18-;14-;13-;/m000./s1. The highest BCUT2D eigenvalue weighted by molar-refractivity contribution is 9.11. The zero-order valence-corrected chi connectivity index (χ0v) is 64.1. The minimum absolute atomic E-state index is 0.00125. The van der Waals surface area contributed by atoms with Gasteiger partial charge in [-0.15, -0.1) is 0 Å². The molecular formula is C71H82Br4N24O5. The Morgan fingerprint density at radius 1 is 0.538 bits per heavy atom. The number of aliphatic hydroxyl groups excluding tert-OH is 4. The fourth-order valence-corrected chi connectivity index (χ4v) is 15.2. The van der Waals surface area contributed by atoms with Gasteiger partial charge in [0, 0.05) is 132 Å². The van der Waals surface area contributed by atoms with Gasteiger partial charge in [-0.05, 0) is 168 Å². The van der Waals surface area contributed by atoms with Gasteiger partial charge in [0.25, 0.3) is 0 Å². The van der Waals surface area contributed by atoms with Gasteiger partial charge in [0.05, 0.1) is 80.1 Å². The van der Waals surface area contributed by atoms with Crippen LogP contribution in [0.1, 0.15) is 82.1 Å². The second-order valence-corrected chi connectivity index (χ2v) is 30.6. The lowest BCUT2D eigenvalue weighted by atomic mass is 10.0. The maximum Gasteiger partial charge on any atom is 0.185 e. The number of hydrogen-bond acceptors (Lipinski definition) is 24. The third-order valence-corrected chi connectivity index (χ3v) is 21.5. The van der Waals surface area contributed by atoms with Crippen molar-refractivity contribution in [1.29, 1.82) is 0 Å². The van der Waals surface area contributed by atoms with E-state index < -0.39 is 5.54 Å². The molecule has 3 aliphatic heterocycles. The molecule has 0 amide bonds. The molecule has 0 spiro atoms. The molecule has 16 rings (SSSR count). The number of piperidine rings is 1. The maximum atomic E-state index is 11.4. The Balaban J connectivity index is 0.000000123. The third kappa shape index (κ3) is 16.6. The van der Waals surface area contributed by atoms with Crippen molar-refractivity contribution in [2.75, 3.05) is 87.3 Å². The molecule has 29 nitrogen and oxygen atoms in total. The van der Waals surface area contributed by atoms with Crippen molar-refractivity contribution in [3.8, 4) is 0 Å². The zero-order chi connectivity index (χ0) is 72.7. The van der Waals surface area contributed by atoms with Gasteiger partial charge in [-0.1, -0.05) is 32.0 Å². The van der Waals surface area contributed by atoms with E-state index in [2.05, 4.69) is 159 Å². The van der Waals surface area contributed by atoms with E-state index in [1.165, 1.54) is 12.4 Å². The van der Waals surface area contributed by atoms with Crippen molar-refractivity contribution < 1.29 is 25.2 Å². The first kappa shape index (κ1) is 73.4. The van der Waals surface area contributed by atoms with Gasteiger partial charge in [-0.3, -0.25) is 15.0 Å². The van der Waals surface area contributed by atoms with Gasteiger partial charge in [0.1, 0.15) is 46.5 Å². The number of fused-ring (bicyclic) bond motifs is 5. The van der Waals surface area contributed by atoms with E-state index in [-0.39, 0.29) is 38.5 Å². The van der Waals surface area contributed by atoms with Gasteiger partial charge in [0.2, 0.25) is 0 Å². The quantitative estimate of drug-likeness (QED) is 0.0225. The Morgan fingerprint density at radius 2 is 0.962 bits per heavy atom. The Kier molecular flexibility index (Phi) is 23.0. The molecule has 0 aromatic carbocycles. The van der Waals surface area contributed by atoms with E-state index in [4.69, 9.17) is 15.0 Å². The largest absolute Gasteiger partial charge is 0.619 e. The van der Waals surface area contributed by atoms with Gasteiger partial charge >= 0.3 is 0 Å². The third-order valence-electron chi connectivity index (χ3n) is 19.3. The molecule has 544 valence electrons. The van der Waals surface area contributed by atoms with E-state index in [1.54, 1.807) is 67.5 Å². The van der Waals surface area contributed by atoms with Crippen LogP contribution < -0.4 is 46.0 Å². The number of aliphatic hydroxyl groups is 4. The maximum absolute atomic E-state index is 11.4. The van der Waals surface area contributed by atoms with Crippen molar-refractivity contribution in [1.82, 2.24) is 73.3 Å². The van der Waals surface area contributed by atoms with Crippen molar-refractivity contribution in [3.05, 3.63) is 193 Å². The van der Waals surface area contributed by atoms with Crippen LogP contribution in [-0.2, 0) is 26.2 Å². The lowest BCUT2D eigenvalue weighted by Crippen LogP contribution is -2.39. The number of hydrogen-bond donors (Lipinski definition) is 9. The summed E-state index contributed by atoms with van der Waals surface area (Å²) in [6.45, 7) is 14.0. The van der Waals surface area contributed by atoms with Crippen LogP contribution in [0.2, 0.25) is 0 Å². The Bertz CT molecular complexity index is 4880. The number of halogens is 4. The monoisotopic (exact) mass is 1670 g/mol. The second-order valence-electron chi connectivity index (χ2n) is 27.2. The average Bonchev–Trinajstić information content (AvgIpc) is 1.53. The summed E-state index contributed by atoms with van der Waals surface area (Å²) in [5.74, 6) is 7.74. The lowest BCUT2D eigenvalue weighted by Gasteiger charge is -2.31. The molecule has 0 radical (unpaired) electrons. The molecule has 4 aliphatic rings. The zero-order valence-electron chi connectivity index (χ0n) is 57.8. The number of anilines is 8. The Labute approximate surface area is 633 Å². The van der Waals surface area contributed by atoms with Crippen LogP contribution in [-0.4, -0.2) is 163 Å². The summed E-state index contributed by atoms with van der Waals surface area (Å²) >= 11 is 14.1. The minimum Gasteiger partial charge on any atom is -0.619 e. The fraction of sp³-hybridized carbons (Fsp3) is 0.380. The summed E-state index contributed by atoms with van der Waals surface area (Å²) in [6.07, 6.45) is 25.7. The first-order valence-electron chi connectivity index (χ1n) is 34.4. The average molecular weight is 1670 g/mol. The van der Waals surface area contributed by atoms with Gasteiger partial charge in [0.15, 0.2) is 35.0 Å². The number of rotatable bonds is 22. The molecule has 0 bridgehead atoms. The molecule has 33 heteroatoms. The topological polar surface area (TPSA) is 337 Å². The summed E-state index contributed by atoms with van der Waals surface area (Å²) < 4.78 is 11.2. The molecule has 1 saturated carbocycles. The molecule has 5 atom stereocenters. The second kappa shape index (κ2) is 32.6. The van der Waals surface area contributed by atoms with Crippen LogP contribution in [0.5, 0.6) is 0 Å². The van der Waals surface area contributed by atoms with E-state index in [0.29, 0.717) is 66.6 Å². The van der Waals surface area contributed by atoms with Gasteiger partial charge in [-0.25, -0.2) is 19.9 Å². The molecule has 9 N–H and O–H groups in total. The summed E-state index contributed by atoms with van der Waals surface area (Å²) in [7, 11) is 0. The highest BCUT2D eigenvalue weighted by atomic mass is 79.9. The first-order valence-corrected chi connectivity index (χ1v) is 37.6. The smallest absolute Gasteiger partial charge is 0.185 e. The predicted molar refractivity (Wildman–Crippen MR) is 413 cm³/mol. The molecule has 4 fully saturated rings. The van der Waals surface area contributed by atoms with Gasteiger partial charge in [-0.2, -0.15) is 43.2 Å². The van der Waals surface area contributed by atoms with Crippen LogP contribution in [0.3, 0.4) is 0 Å². The summed E-state index contributed by atoms with van der Waals surface area (Å²) in [5.41, 5.74) is 6.93. The molecule has 12 aromatic heterocycles. The number of nitrogens with zero attached hydrogens (tertiary/aromatic N) is 19. The van der Waals surface area contributed by atoms with Crippen molar-refractivity contribution in [2.45, 2.75) is 110 Å². The highest BCUT2D eigenvalue weighted by Crippen LogP contribution is 2.65. The number of aromatic nitrogens is 16. The van der Waals surface area contributed by atoms with Crippen molar-refractivity contribution >= 4 is 133 Å². The van der Waals surface area contributed by atoms with E-state index in [9.17, 15) is 25.6 Å². The van der Waals surface area contributed by atoms with E-state index in [0.717, 1.165) is 149 Å². The Morgan fingerprint density at radius 3 is 1.38 bits per heavy atom. The molecule has 15 heterocycles. The molecular weight excluding hydrogens is 1590 g/mol. The molecule has 1 aliphatic carbocycles. The SMILES string of the molecule is CC(C)(CO)Nc1cc(NCc2cccnc2)n2ncc(Br)c2n1.CC1(C)[C@@H]2[C@@H](CO)N(c3cc(NCc4cccnc4)n4ncc(Br)c4n3)C[C@@H]21.OCC[C@@H]1CCCN1c1cc(NCc2cccnc2)n2ncc(Br)c2n1.[O-][n+]1cccc(CNc2cc(N3CCC[C@H]3CO)nc3c(Br)cnn23)c1. The number of pyridine rings is 4. The molecule has 3 saturated heterocycles. The van der Waals surface area contributed by atoms with Crippen LogP contribution in [0.25, 0.3) is 22.6 Å². The molecule has 0 unspecified atom stereocenters. The lowest BCUT2D eigenvalue weighted by molar-refractivity contribution is -0.605. The summed E-state index contributed by atoms with van der Waals surface area (Å²) in [6, 6.07) is 23.9. The fourth-order valence-electron chi connectivity index (χ4n) is 13.8. The van der Waals surface area contributed by atoms with Crippen LogP contribution in [0.15, 0.2) is 165 Å². The van der Waals surface area contributed by atoms with Crippen LogP contribution >= 0.6 is 63.7 Å². The summed E-state index contributed by atoms with van der Waals surface area (Å²) in [5, 5.41) is 84.4. The molecule has 12 aromatic rings. The van der Waals surface area contributed by atoms with Crippen molar-refractivity contribution in [2.24, 2.45) is 17.3 Å². The normalized spacial score (nSPS) is 18.0. The van der Waals surface area contributed by atoms with Crippen molar-refractivity contribution in [3.63, 3.8) is 0 Å². The predicted octanol–water partition coefficient (Wildman–Crippen LogP) is 10.2. The first-order chi connectivity index (χ1) is 50.4. The van der Waals surface area contributed by atoms with Crippen LogP contribution in [0.4, 0.5) is 46.5 Å².